The van der Waals surface area contributed by atoms with E-state index in [1.165, 1.54) is 0 Å². The highest BCUT2D eigenvalue weighted by Crippen LogP contribution is 2.31. The van der Waals surface area contributed by atoms with Crippen LogP contribution in [0.5, 0.6) is 5.75 Å². The molecule has 0 amide bonds. The highest BCUT2D eigenvalue weighted by atomic mass is 32.1. The van der Waals surface area contributed by atoms with Crippen LogP contribution in [0, 0.1) is 6.92 Å². The lowest BCUT2D eigenvalue weighted by molar-refractivity contribution is 0.147. The molecule has 2 aromatic heterocycles. The second kappa shape index (κ2) is 9.49. The normalized spacial score (nSPS) is 11.3. The molecular weight excluding hydrogens is 412 g/mol. The van der Waals surface area contributed by atoms with Gasteiger partial charge in [0.1, 0.15) is 17.4 Å². The van der Waals surface area contributed by atoms with E-state index in [9.17, 15) is 9.90 Å². The molecule has 0 unspecified atom stereocenters. The lowest BCUT2D eigenvalue weighted by Gasteiger charge is -2.09. The number of rotatable bonds is 8. The summed E-state index contributed by atoms with van der Waals surface area (Å²) in [7, 11) is 0. The molecule has 0 saturated carbocycles. The molecule has 0 radical (unpaired) electrons. The molecule has 0 aliphatic carbocycles. The Morgan fingerprint density at radius 2 is 2.06 bits per heavy atom. The fourth-order valence-corrected chi connectivity index (χ4v) is 4.59. The molecule has 0 saturated heterocycles. The van der Waals surface area contributed by atoms with E-state index in [1.807, 2.05) is 43.3 Å². The highest BCUT2D eigenvalue weighted by molar-refractivity contribution is 7.18. The zero-order valence-corrected chi connectivity index (χ0v) is 18.6. The Kier molecular flexibility index (Phi) is 6.53. The van der Waals surface area contributed by atoms with Crippen molar-refractivity contribution in [1.82, 2.24) is 9.55 Å². The molecule has 4 rings (SSSR count). The summed E-state index contributed by atoms with van der Waals surface area (Å²) in [6.45, 7) is 4.71. The van der Waals surface area contributed by atoms with Gasteiger partial charge in [0.25, 0.3) is 0 Å². The number of nitrogens with zero attached hydrogens (tertiary/aromatic N) is 2. The van der Waals surface area contributed by atoms with Crippen molar-refractivity contribution in [2.24, 2.45) is 0 Å². The van der Waals surface area contributed by atoms with Crippen LogP contribution in [-0.4, -0.2) is 34.0 Å². The number of carbonyl (C=O) groups excluding carboxylic acids is 1. The van der Waals surface area contributed by atoms with Crippen molar-refractivity contribution in [3.05, 3.63) is 58.7 Å². The van der Waals surface area contributed by atoms with Crippen LogP contribution in [0.2, 0.25) is 0 Å². The van der Waals surface area contributed by atoms with Crippen molar-refractivity contribution in [3.63, 3.8) is 0 Å². The number of thiazole rings is 1. The fraction of sp³-hybridized carbons (Fsp3) is 0.333. The summed E-state index contributed by atoms with van der Waals surface area (Å²) in [5, 5.41) is 11.3. The summed E-state index contributed by atoms with van der Waals surface area (Å²) >= 11 is 1.62. The number of hydrogen-bond donors (Lipinski definition) is 1. The third-order valence-electron chi connectivity index (χ3n) is 5.27. The quantitative estimate of drug-likeness (QED) is 0.370. The summed E-state index contributed by atoms with van der Waals surface area (Å²) in [6, 6.07) is 13.7. The van der Waals surface area contributed by atoms with E-state index in [2.05, 4.69) is 18.0 Å². The minimum Gasteiger partial charge on any atom is -0.486 e. The van der Waals surface area contributed by atoms with Crippen LogP contribution in [0.15, 0.2) is 42.5 Å². The Hall–Kier alpha value is -2.90. The third-order valence-corrected chi connectivity index (χ3v) is 6.28. The molecule has 1 N–H and O–H groups in total. The van der Waals surface area contributed by atoms with Gasteiger partial charge in [-0.1, -0.05) is 25.5 Å². The first kappa shape index (κ1) is 21.3. The van der Waals surface area contributed by atoms with Crippen LogP contribution in [0.1, 0.15) is 36.0 Å². The van der Waals surface area contributed by atoms with Crippen LogP contribution >= 0.6 is 11.3 Å². The van der Waals surface area contributed by atoms with Gasteiger partial charge in [-0.3, -0.25) is 0 Å². The molecular formula is C24H26N2O4S. The van der Waals surface area contributed by atoms with Crippen LogP contribution in [-0.2, 0) is 17.8 Å². The standard InChI is InChI=1S/C24H26N2O4S/c1-3-4-13-29-24(28)26-16(2)18(11-12-27)19-14-17(9-10-21(19)26)30-15-23-25-20-7-5-6-8-22(20)31-23/h5-10,14,27H,3-4,11-13,15H2,1-2H3. The Morgan fingerprint density at radius 1 is 1.23 bits per heavy atom. The van der Waals surface area contributed by atoms with Gasteiger partial charge in [-0.2, -0.15) is 0 Å². The van der Waals surface area contributed by atoms with E-state index in [0.29, 0.717) is 25.4 Å². The first-order valence-electron chi connectivity index (χ1n) is 10.5. The van der Waals surface area contributed by atoms with Crippen molar-refractivity contribution in [1.29, 1.82) is 0 Å². The monoisotopic (exact) mass is 438 g/mol. The number of aliphatic hydroxyl groups is 1. The molecule has 0 atom stereocenters. The van der Waals surface area contributed by atoms with Gasteiger partial charge in [0.15, 0.2) is 0 Å². The lowest BCUT2D eigenvalue weighted by Crippen LogP contribution is -2.16. The van der Waals surface area contributed by atoms with Gasteiger partial charge in [0.05, 0.1) is 22.3 Å². The van der Waals surface area contributed by atoms with Crippen LogP contribution in [0.4, 0.5) is 4.79 Å². The first-order chi connectivity index (χ1) is 15.1. The van der Waals surface area contributed by atoms with Crippen molar-refractivity contribution in [3.8, 4) is 5.75 Å². The van der Waals surface area contributed by atoms with Gasteiger partial charge < -0.3 is 14.6 Å². The summed E-state index contributed by atoms with van der Waals surface area (Å²) in [5.74, 6) is 0.697. The van der Waals surface area contributed by atoms with E-state index in [1.54, 1.807) is 15.9 Å². The predicted molar refractivity (Wildman–Crippen MR) is 123 cm³/mol. The molecule has 6 nitrogen and oxygen atoms in total. The zero-order valence-electron chi connectivity index (χ0n) is 17.8. The second-order valence-electron chi connectivity index (χ2n) is 7.38. The smallest absolute Gasteiger partial charge is 0.418 e. The number of ether oxygens (including phenoxy) is 2. The maximum absolute atomic E-state index is 12.7. The summed E-state index contributed by atoms with van der Waals surface area (Å²) < 4.78 is 14.2. The SMILES string of the molecule is CCCCOC(=O)n1c(C)c(CCO)c2cc(OCc3nc4ccccc4s3)ccc21. The molecule has 0 aliphatic rings. The van der Waals surface area contributed by atoms with Crippen LogP contribution in [0.25, 0.3) is 21.1 Å². The number of aliphatic hydroxyl groups excluding tert-OH is 1. The number of para-hydroxylation sites is 1. The Bertz CT molecular complexity index is 1180. The van der Waals surface area contributed by atoms with Crippen molar-refractivity contribution >= 4 is 38.5 Å². The molecule has 0 spiro atoms. The second-order valence-corrected chi connectivity index (χ2v) is 8.50. The van der Waals surface area contributed by atoms with Crippen molar-refractivity contribution < 1.29 is 19.4 Å². The number of unbranched alkanes of at least 4 members (excludes halogenated alkanes) is 1. The van der Waals surface area contributed by atoms with Gasteiger partial charge in [-0.15, -0.1) is 11.3 Å². The third kappa shape index (κ3) is 4.43. The highest BCUT2D eigenvalue weighted by Gasteiger charge is 2.20. The molecule has 0 bridgehead atoms. The Morgan fingerprint density at radius 3 is 2.84 bits per heavy atom. The number of fused-ring (bicyclic) bond motifs is 2. The number of carbonyl (C=O) groups is 1. The van der Waals surface area contributed by atoms with E-state index in [0.717, 1.165) is 50.2 Å². The van der Waals surface area contributed by atoms with Gasteiger partial charge >= 0.3 is 6.09 Å². The molecule has 2 aromatic carbocycles. The average molecular weight is 439 g/mol. The minimum atomic E-state index is -0.386. The molecule has 2 heterocycles. The van der Waals surface area contributed by atoms with Crippen molar-refractivity contribution in [2.45, 2.75) is 39.7 Å². The molecule has 7 heteroatoms. The van der Waals surface area contributed by atoms with Gasteiger partial charge in [-0.05, 0) is 55.7 Å². The molecule has 4 aromatic rings. The molecule has 31 heavy (non-hydrogen) atoms. The number of hydrogen-bond acceptors (Lipinski definition) is 6. The molecule has 162 valence electrons. The van der Waals surface area contributed by atoms with E-state index < -0.39 is 0 Å². The van der Waals surface area contributed by atoms with Crippen molar-refractivity contribution in [2.75, 3.05) is 13.2 Å². The lowest BCUT2D eigenvalue weighted by atomic mass is 10.1. The Labute approximate surface area is 185 Å². The topological polar surface area (TPSA) is 73.6 Å². The van der Waals surface area contributed by atoms with Gasteiger partial charge in [-0.25, -0.2) is 14.3 Å². The van der Waals surface area contributed by atoms with E-state index in [4.69, 9.17) is 9.47 Å². The van der Waals surface area contributed by atoms with Gasteiger partial charge in [0, 0.05) is 17.7 Å². The van der Waals surface area contributed by atoms with Crippen LogP contribution in [0.3, 0.4) is 0 Å². The van der Waals surface area contributed by atoms with E-state index >= 15 is 0 Å². The first-order valence-corrected chi connectivity index (χ1v) is 11.3. The molecule has 0 aliphatic heterocycles. The maximum Gasteiger partial charge on any atom is 0.418 e. The fourth-order valence-electron chi connectivity index (χ4n) is 3.71. The number of aromatic nitrogens is 2. The maximum atomic E-state index is 12.7. The predicted octanol–water partition coefficient (Wildman–Crippen LogP) is 5.46. The largest absolute Gasteiger partial charge is 0.486 e. The summed E-state index contributed by atoms with van der Waals surface area (Å²) in [4.78, 5) is 17.3. The molecule has 0 fully saturated rings. The zero-order chi connectivity index (χ0) is 21.8. The Balaban J connectivity index is 1.60. The summed E-state index contributed by atoms with van der Waals surface area (Å²) in [6.07, 6.45) is 1.86. The van der Waals surface area contributed by atoms with Crippen LogP contribution < -0.4 is 4.74 Å². The van der Waals surface area contributed by atoms with Gasteiger partial charge in [0.2, 0.25) is 0 Å². The summed E-state index contributed by atoms with van der Waals surface area (Å²) in [5.41, 5.74) is 3.44. The average Bonchev–Trinajstić information content (AvgIpc) is 3.31. The van der Waals surface area contributed by atoms with E-state index in [-0.39, 0.29) is 12.7 Å². The number of benzene rings is 2. The minimum absolute atomic E-state index is 0.00161.